The summed E-state index contributed by atoms with van der Waals surface area (Å²) in [6, 6.07) is 4.28. The van der Waals surface area contributed by atoms with Gasteiger partial charge in [0.05, 0.1) is 11.6 Å². The molecule has 28 heavy (non-hydrogen) atoms. The van der Waals surface area contributed by atoms with Crippen LogP contribution in [0.5, 0.6) is 0 Å². The van der Waals surface area contributed by atoms with E-state index in [1.165, 1.54) is 25.3 Å². The molecule has 0 radical (unpaired) electrons. The Morgan fingerprint density at radius 2 is 2.14 bits per heavy atom. The number of alkyl halides is 2. The quantitative estimate of drug-likeness (QED) is 0.695. The summed E-state index contributed by atoms with van der Waals surface area (Å²) in [5.41, 5.74) is -2.08. The maximum Gasteiger partial charge on any atom is 0.355 e. The lowest BCUT2D eigenvalue weighted by molar-refractivity contribution is -0.148. The summed E-state index contributed by atoms with van der Waals surface area (Å²) in [5.74, 6) is -6.52. The molecular formula is C18H13F3N4O2S. The Morgan fingerprint density at radius 1 is 1.43 bits per heavy atom. The van der Waals surface area contributed by atoms with Crippen LogP contribution in [0.4, 0.5) is 13.2 Å². The number of thiazole rings is 1. The first-order valence-electron chi connectivity index (χ1n) is 8.02. The van der Waals surface area contributed by atoms with Crippen LogP contribution in [-0.2, 0) is 10.7 Å². The number of carbonyl (C=O) groups excluding carboxylic acids is 1. The van der Waals surface area contributed by atoms with Crippen LogP contribution in [0.1, 0.15) is 34.8 Å². The highest BCUT2D eigenvalue weighted by Crippen LogP contribution is 2.32. The molecule has 0 saturated heterocycles. The highest BCUT2D eigenvalue weighted by Gasteiger charge is 2.45. The summed E-state index contributed by atoms with van der Waals surface area (Å²) < 4.78 is 43.2. The second-order valence-corrected chi connectivity index (χ2v) is 6.99. The third-order valence-electron chi connectivity index (χ3n) is 4.19. The predicted octanol–water partition coefficient (Wildman–Crippen LogP) is 3.27. The fourth-order valence-electron chi connectivity index (χ4n) is 2.80. The molecule has 0 spiro atoms. The highest BCUT2D eigenvalue weighted by atomic mass is 32.1. The summed E-state index contributed by atoms with van der Waals surface area (Å²) >= 11 is 1.04. The van der Waals surface area contributed by atoms with Crippen LogP contribution < -0.4 is 10.9 Å². The maximum absolute atomic E-state index is 14.9. The number of H-pyrrole nitrogens is 1. The van der Waals surface area contributed by atoms with E-state index in [-0.39, 0.29) is 27.2 Å². The minimum absolute atomic E-state index is 0.0775. The normalized spacial score (nSPS) is 12.6. The van der Waals surface area contributed by atoms with E-state index >= 15 is 0 Å². The molecule has 3 aromatic rings. The number of benzene rings is 1. The smallest absolute Gasteiger partial charge is 0.342 e. The molecule has 1 unspecified atom stereocenters. The number of nitriles is 1. The van der Waals surface area contributed by atoms with Crippen LogP contribution in [0.2, 0.25) is 0 Å². The summed E-state index contributed by atoms with van der Waals surface area (Å²) in [7, 11) is 0. The first kappa shape index (κ1) is 19.6. The lowest BCUT2D eigenvalue weighted by Crippen LogP contribution is -2.43. The Labute approximate surface area is 160 Å². The number of hydrogen-bond donors (Lipinski definition) is 2. The molecule has 10 heteroatoms. The molecule has 1 aromatic carbocycles. The van der Waals surface area contributed by atoms with Crippen molar-refractivity contribution < 1.29 is 18.0 Å². The van der Waals surface area contributed by atoms with Gasteiger partial charge in [0.2, 0.25) is 0 Å². The van der Waals surface area contributed by atoms with Crippen LogP contribution in [0, 0.1) is 24.1 Å². The number of nitrogens with zero attached hydrogens (tertiary/aromatic N) is 2. The third-order valence-corrected chi connectivity index (χ3v) is 5.22. The number of carbonyl (C=O) groups is 1. The summed E-state index contributed by atoms with van der Waals surface area (Å²) in [4.78, 5) is 30.7. The molecule has 0 aliphatic carbocycles. The number of nitrogens with one attached hydrogen (secondary N) is 2. The zero-order chi connectivity index (χ0) is 20.6. The largest absolute Gasteiger partial charge is 0.355 e. The average Bonchev–Trinajstić information content (AvgIpc) is 3.11. The van der Waals surface area contributed by atoms with Crippen molar-refractivity contribution >= 4 is 28.1 Å². The fraction of sp³-hybridized carbons (Fsp3) is 0.222. The van der Waals surface area contributed by atoms with Crippen molar-refractivity contribution in [2.75, 3.05) is 0 Å². The molecule has 6 nitrogen and oxygen atoms in total. The standard InChI is InChI=1S/C18H13F3N4O2S/c1-8-12-5-10(19)3-4-13(12)25-15(26)14(8)18(20,21)17(27)23-9(2)16-24-11(6-22)7-28-16/h3-5,7,9H,1-2H3,(H,23,27)(H,25,26). The van der Waals surface area contributed by atoms with Gasteiger partial charge >= 0.3 is 5.92 Å². The summed E-state index contributed by atoms with van der Waals surface area (Å²) in [6.07, 6.45) is 0. The molecule has 0 aliphatic heterocycles. The molecule has 0 aliphatic rings. The molecule has 0 fully saturated rings. The molecule has 0 bridgehead atoms. The fourth-order valence-corrected chi connectivity index (χ4v) is 3.56. The van der Waals surface area contributed by atoms with Crippen LogP contribution in [0.25, 0.3) is 10.9 Å². The number of aromatic nitrogens is 2. The number of aryl methyl sites for hydroxylation is 1. The SMILES string of the molecule is Cc1c(C(F)(F)C(=O)NC(C)c2nc(C#N)cs2)c(=O)[nH]c2ccc(F)cc12. The molecule has 1 atom stereocenters. The predicted molar refractivity (Wildman–Crippen MR) is 96.5 cm³/mol. The van der Waals surface area contributed by atoms with E-state index < -0.39 is 34.8 Å². The van der Waals surface area contributed by atoms with Gasteiger partial charge in [0.1, 0.15) is 16.9 Å². The number of hydrogen-bond acceptors (Lipinski definition) is 5. The van der Waals surface area contributed by atoms with E-state index in [9.17, 15) is 22.8 Å². The Balaban J connectivity index is 1.98. The molecule has 2 aromatic heterocycles. The van der Waals surface area contributed by atoms with Gasteiger partial charge in [-0.05, 0) is 37.6 Å². The monoisotopic (exact) mass is 406 g/mol. The Hall–Kier alpha value is -3.19. The van der Waals surface area contributed by atoms with Crippen molar-refractivity contribution in [3.63, 3.8) is 0 Å². The molecule has 2 heterocycles. The Bertz CT molecular complexity index is 1180. The molecule has 0 saturated carbocycles. The topological polar surface area (TPSA) is 98.6 Å². The number of fused-ring (bicyclic) bond motifs is 1. The number of aromatic amines is 1. The van der Waals surface area contributed by atoms with Gasteiger partial charge in [-0.1, -0.05) is 0 Å². The van der Waals surface area contributed by atoms with Gasteiger partial charge in [-0.25, -0.2) is 9.37 Å². The third kappa shape index (κ3) is 3.36. The summed E-state index contributed by atoms with van der Waals surface area (Å²) in [5, 5.41) is 12.7. The van der Waals surface area contributed by atoms with Crippen molar-refractivity contribution in [3.05, 3.63) is 61.6 Å². The zero-order valence-corrected chi connectivity index (χ0v) is 15.5. The maximum atomic E-state index is 14.9. The van der Waals surface area contributed by atoms with Crippen molar-refractivity contribution in [3.8, 4) is 6.07 Å². The van der Waals surface area contributed by atoms with E-state index in [4.69, 9.17) is 5.26 Å². The van der Waals surface area contributed by atoms with Crippen molar-refractivity contribution in [1.29, 1.82) is 5.26 Å². The minimum atomic E-state index is -4.16. The van der Waals surface area contributed by atoms with Gasteiger partial charge in [-0.2, -0.15) is 14.0 Å². The second kappa shape index (κ2) is 7.09. The van der Waals surface area contributed by atoms with E-state index in [1.54, 1.807) is 0 Å². The van der Waals surface area contributed by atoms with E-state index in [2.05, 4.69) is 15.3 Å². The first-order valence-corrected chi connectivity index (χ1v) is 8.90. The van der Waals surface area contributed by atoms with Crippen LogP contribution in [-0.4, -0.2) is 15.9 Å². The van der Waals surface area contributed by atoms with Gasteiger partial charge < -0.3 is 10.3 Å². The van der Waals surface area contributed by atoms with Gasteiger partial charge in [0, 0.05) is 16.3 Å². The van der Waals surface area contributed by atoms with E-state index in [0.717, 1.165) is 23.5 Å². The zero-order valence-electron chi connectivity index (χ0n) is 14.6. The Morgan fingerprint density at radius 3 is 2.79 bits per heavy atom. The van der Waals surface area contributed by atoms with E-state index in [0.29, 0.717) is 0 Å². The lowest BCUT2D eigenvalue weighted by atomic mass is 9.99. The first-order chi connectivity index (χ1) is 13.1. The van der Waals surface area contributed by atoms with Crippen molar-refractivity contribution in [2.45, 2.75) is 25.8 Å². The second-order valence-electron chi connectivity index (χ2n) is 6.10. The average molecular weight is 406 g/mol. The molecule has 1 amide bonds. The number of halogens is 3. The number of amides is 1. The van der Waals surface area contributed by atoms with Crippen LogP contribution in [0.15, 0.2) is 28.4 Å². The summed E-state index contributed by atoms with van der Waals surface area (Å²) in [6.45, 7) is 2.66. The molecule has 3 rings (SSSR count). The van der Waals surface area contributed by atoms with Gasteiger partial charge in [0.25, 0.3) is 11.5 Å². The highest BCUT2D eigenvalue weighted by molar-refractivity contribution is 7.09. The lowest BCUT2D eigenvalue weighted by Gasteiger charge is -2.20. The van der Waals surface area contributed by atoms with Crippen molar-refractivity contribution in [2.24, 2.45) is 0 Å². The number of rotatable bonds is 4. The Kier molecular flexibility index (Phi) is 4.95. The van der Waals surface area contributed by atoms with Gasteiger partial charge in [-0.3, -0.25) is 9.59 Å². The minimum Gasteiger partial charge on any atom is -0.342 e. The molecule has 2 N–H and O–H groups in total. The van der Waals surface area contributed by atoms with Gasteiger partial charge in [0.15, 0.2) is 5.69 Å². The van der Waals surface area contributed by atoms with Crippen LogP contribution in [0.3, 0.4) is 0 Å². The number of pyridine rings is 1. The molecular weight excluding hydrogens is 393 g/mol. The van der Waals surface area contributed by atoms with Crippen molar-refractivity contribution in [1.82, 2.24) is 15.3 Å². The van der Waals surface area contributed by atoms with E-state index in [1.807, 2.05) is 6.07 Å². The van der Waals surface area contributed by atoms with Gasteiger partial charge in [-0.15, -0.1) is 11.3 Å². The molecule has 144 valence electrons. The van der Waals surface area contributed by atoms with Crippen LogP contribution >= 0.6 is 11.3 Å².